The third-order valence-electron chi connectivity index (χ3n) is 8.18. The number of rotatable bonds is 6. The van der Waals surface area contributed by atoms with Crippen LogP contribution in [0.4, 0.5) is 14.9 Å². The van der Waals surface area contributed by atoms with Crippen molar-refractivity contribution >= 4 is 40.8 Å². The summed E-state index contributed by atoms with van der Waals surface area (Å²) in [7, 11) is 0. The maximum Gasteiger partial charge on any atom is 0.410 e. The van der Waals surface area contributed by atoms with Crippen molar-refractivity contribution in [2.24, 2.45) is 17.8 Å². The lowest BCUT2D eigenvalue weighted by Gasteiger charge is -2.34. The van der Waals surface area contributed by atoms with Crippen LogP contribution >= 0.6 is 11.9 Å². The fraction of sp³-hybridized carbons (Fsp3) is 0.500. The lowest BCUT2D eigenvalue weighted by atomic mass is 10.1. The molecule has 0 bridgehead atoms. The Morgan fingerprint density at radius 3 is 2.45 bits per heavy atom. The normalized spacial score (nSPS) is 25.2. The smallest absolute Gasteiger partial charge is 0.410 e. The molecule has 1 saturated carbocycles. The van der Waals surface area contributed by atoms with Crippen molar-refractivity contribution < 1.29 is 27.7 Å². The molecule has 1 aliphatic carbocycles. The largest absolute Gasteiger partial charge is 0.487 e. The molecule has 3 saturated heterocycles. The number of hydrogen-bond donors (Lipinski definition) is 1. The number of nitrogens with one attached hydrogen (secondary N) is 1. The Morgan fingerprint density at radius 1 is 1.11 bits per heavy atom. The first-order valence-corrected chi connectivity index (χ1v) is 16.9. The second-order valence-corrected chi connectivity index (χ2v) is 15.1. The maximum absolute atomic E-state index is 15.9. The van der Waals surface area contributed by atoms with Gasteiger partial charge in [-0.1, -0.05) is 54.1 Å². The van der Waals surface area contributed by atoms with Gasteiger partial charge in [0.05, 0.1) is 5.56 Å². The van der Waals surface area contributed by atoms with Crippen LogP contribution in [0.5, 0.6) is 5.75 Å². The fourth-order valence-corrected chi connectivity index (χ4v) is 8.19. The van der Waals surface area contributed by atoms with Crippen molar-refractivity contribution in [3.63, 3.8) is 0 Å². The number of anilines is 1. The van der Waals surface area contributed by atoms with Crippen molar-refractivity contribution in [3.8, 4) is 17.6 Å². The number of amides is 2. The second-order valence-electron chi connectivity index (χ2n) is 12.6. The first-order chi connectivity index (χ1) is 21.1. The van der Waals surface area contributed by atoms with Crippen molar-refractivity contribution in [1.29, 1.82) is 0 Å². The molecule has 2 aromatic rings. The minimum atomic E-state index is -1.91. The second kappa shape index (κ2) is 12.6. The molecule has 2 amide bonds. The number of benzene rings is 2. The van der Waals surface area contributed by atoms with Gasteiger partial charge in [0.25, 0.3) is 5.91 Å². The van der Waals surface area contributed by atoms with Crippen LogP contribution in [-0.2, 0) is 27.3 Å². The van der Waals surface area contributed by atoms with Crippen LogP contribution in [0.2, 0.25) is 0 Å². The van der Waals surface area contributed by atoms with Gasteiger partial charge in [-0.2, -0.15) is 0 Å². The molecule has 9 nitrogen and oxygen atoms in total. The number of likely N-dealkylation sites (tertiary alicyclic amines) is 1. The van der Waals surface area contributed by atoms with Gasteiger partial charge in [-0.15, -0.1) is 0 Å². The first-order valence-electron chi connectivity index (χ1n) is 14.9. The highest BCUT2D eigenvalue weighted by Gasteiger charge is 2.55. The van der Waals surface area contributed by atoms with E-state index in [1.165, 1.54) is 4.31 Å². The highest BCUT2D eigenvalue weighted by atomic mass is 32.2. The third kappa shape index (κ3) is 7.00. The standard InChI is InChI=1S/C32H37FN4O5S2/c1-32(2,3)42-31(39)35-15-13-23(14-16-35)43-36-17-25-24(26(25)18-36)11-9-22-10-12-27(41-20-21-7-5-4-6-8-21)30(29(22)33)37-19-28(38)34-44(37)40/h4-8,10,12,23-26H,13-20H2,1-3H3,(H,34,38). The van der Waals surface area contributed by atoms with Gasteiger partial charge < -0.3 is 14.4 Å². The Balaban J connectivity index is 1.05. The van der Waals surface area contributed by atoms with Crippen molar-refractivity contribution in [2.75, 3.05) is 37.0 Å². The molecule has 0 spiro atoms. The number of carbonyl (C=O) groups excluding carboxylic acids is 2. The van der Waals surface area contributed by atoms with Crippen LogP contribution in [0.25, 0.3) is 0 Å². The van der Waals surface area contributed by atoms with E-state index in [2.05, 4.69) is 20.9 Å². The van der Waals surface area contributed by atoms with Crippen LogP contribution in [-0.4, -0.2) is 69.0 Å². The Labute approximate surface area is 264 Å². The minimum absolute atomic E-state index is 0.0271. The predicted octanol–water partition coefficient (Wildman–Crippen LogP) is 4.50. The SMILES string of the molecule is CC(C)(C)OC(=O)N1CCC(SN2CC3C(C#Cc4ccc(OCc5ccccc5)c(N5CC(=O)NS5=O)c4F)C3C2)CC1. The summed E-state index contributed by atoms with van der Waals surface area (Å²) >= 11 is -0.0130. The van der Waals surface area contributed by atoms with Crippen LogP contribution < -0.4 is 13.8 Å². The molecule has 4 fully saturated rings. The summed E-state index contributed by atoms with van der Waals surface area (Å²) in [6.45, 7) is 8.93. The Morgan fingerprint density at radius 2 is 1.82 bits per heavy atom. The summed E-state index contributed by atoms with van der Waals surface area (Å²) in [5.41, 5.74) is 0.578. The zero-order valence-electron chi connectivity index (χ0n) is 25.1. The molecule has 1 N–H and O–H groups in total. The number of ether oxygens (including phenoxy) is 2. The van der Waals surface area contributed by atoms with E-state index in [9.17, 15) is 13.8 Å². The van der Waals surface area contributed by atoms with E-state index in [-0.39, 0.29) is 42.2 Å². The van der Waals surface area contributed by atoms with E-state index in [0.717, 1.165) is 31.5 Å². The molecule has 234 valence electrons. The number of carbonyl (C=O) groups is 2. The van der Waals surface area contributed by atoms with Gasteiger partial charge in [0.1, 0.15) is 30.2 Å². The fourth-order valence-electron chi connectivity index (χ4n) is 5.89. The highest BCUT2D eigenvalue weighted by molar-refractivity contribution is 7.97. The summed E-state index contributed by atoms with van der Waals surface area (Å²) in [5.74, 6) is 6.56. The lowest BCUT2D eigenvalue weighted by Crippen LogP contribution is -2.42. The summed E-state index contributed by atoms with van der Waals surface area (Å²) in [4.78, 5) is 26.1. The van der Waals surface area contributed by atoms with Crippen LogP contribution in [0.3, 0.4) is 0 Å². The molecule has 2 aromatic carbocycles. The summed E-state index contributed by atoms with van der Waals surface area (Å²) in [6.07, 6.45) is 1.64. The lowest BCUT2D eigenvalue weighted by molar-refractivity contribution is -0.117. The number of halogens is 1. The third-order valence-corrected chi connectivity index (χ3v) is 10.7. The quantitative estimate of drug-likeness (QED) is 0.368. The highest BCUT2D eigenvalue weighted by Crippen LogP contribution is 2.53. The van der Waals surface area contributed by atoms with Gasteiger partial charge in [-0.25, -0.2) is 17.7 Å². The van der Waals surface area contributed by atoms with E-state index in [1.807, 2.05) is 63.1 Å². The van der Waals surface area contributed by atoms with Crippen LogP contribution in [0.1, 0.15) is 44.7 Å². The average Bonchev–Trinajstić information content (AvgIpc) is 3.25. The molecule has 4 aliphatic rings. The minimum Gasteiger partial charge on any atom is -0.487 e. The summed E-state index contributed by atoms with van der Waals surface area (Å²) in [6, 6.07) is 12.7. The molecule has 3 atom stereocenters. The molecule has 0 radical (unpaired) electrons. The van der Waals surface area contributed by atoms with Crippen LogP contribution in [0, 0.1) is 35.4 Å². The predicted molar refractivity (Wildman–Crippen MR) is 168 cm³/mol. The Bertz CT molecular complexity index is 1490. The molecule has 12 heteroatoms. The van der Waals surface area contributed by atoms with E-state index >= 15 is 4.39 Å². The molecule has 0 aromatic heterocycles. The Hall–Kier alpha value is -3.27. The van der Waals surface area contributed by atoms with Crippen molar-refractivity contribution in [1.82, 2.24) is 13.9 Å². The molecular weight excluding hydrogens is 604 g/mol. The Kier molecular flexibility index (Phi) is 8.81. The topological polar surface area (TPSA) is 91.4 Å². The van der Waals surface area contributed by atoms with E-state index in [4.69, 9.17) is 9.47 Å². The zero-order valence-corrected chi connectivity index (χ0v) is 26.7. The van der Waals surface area contributed by atoms with E-state index in [1.54, 1.807) is 17.0 Å². The van der Waals surface area contributed by atoms with Crippen LogP contribution in [0.15, 0.2) is 42.5 Å². The summed E-state index contributed by atoms with van der Waals surface area (Å²) < 4.78 is 45.8. The molecule has 6 rings (SSSR count). The molecule has 3 heterocycles. The zero-order chi connectivity index (χ0) is 31.0. The maximum atomic E-state index is 15.9. The number of nitrogens with zero attached hydrogens (tertiary/aromatic N) is 3. The van der Waals surface area contributed by atoms with E-state index < -0.39 is 28.5 Å². The number of hydrogen-bond acceptors (Lipinski definition) is 7. The molecule has 3 unspecified atom stereocenters. The number of fused-ring (bicyclic) bond motifs is 1. The number of piperidine rings is 2. The van der Waals surface area contributed by atoms with E-state index in [0.29, 0.717) is 30.2 Å². The van der Waals surface area contributed by atoms with Crippen molar-refractivity contribution in [2.45, 2.75) is 51.1 Å². The van der Waals surface area contributed by atoms with Gasteiger partial charge in [-0.05, 0) is 63.1 Å². The summed E-state index contributed by atoms with van der Waals surface area (Å²) in [5, 5.41) is 0.475. The van der Waals surface area contributed by atoms with Gasteiger partial charge in [0.15, 0.2) is 5.82 Å². The molecule has 44 heavy (non-hydrogen) atoms. The van der Waals surface area contributed by atoms with Gasteiger partial charge in [0.2, 0.25) is 11.2 Å². The molecular formula is C32H37FN4O5S2. The van der Waals surface area contributed by atoms with Gasteiger partial charge in [0, 0.05) is 37.3 Å². The molecule has 3 aliphatic heterocycles. The monoisotopic (exact) mass is 640 g/mol. The van der Waals surface area contributed by atoms with Crippen molar-refractivity contribution in [3.05, 3.63) is 59.4 Å². The first kappa shape index (κ1) is 30.7. The van der Waals surface area contributed by atoms with Gasteiger partial charge in [-0.3, -0.25) is 13.8 Å². The van der Waals surface area contributed by atoms with Gasteiger partial charge >= 0.3 is 6.09 Å². The average molecular weight is 641 g/mol.